The zero-order valence-electron chi connectivity index (χ0n) is 12.6. The van der Waals surface area contributed by atoms with Crippen molar-refractivity contribution in [3.05, 3.63) is 29.3 Å². The van der Waals surface area contributed by atoms with Gasteiger partial charge in [-0.15, -0.1) is 0 Å². The van der Waals surface area contributed by atoms with Crippen LogP contribution in [0.15, 0.2) is 23.1 Å². The Bertz CT molecular complexity index is 637. The van der Waals surface area contributed by atoms with Crippen molar-refractivity contribution in [2.75, 3.05) is 13.7 Å². The monoisotopic (exact) mass is 315 g/mol. The number of aliphatic hydroxyl groups is 1. The van der Waals surface area contributed by atoms with Crippen molar-refractivity contribution < 1.29 is 23.4 Å². The lowest BCUT2D eigenvalue weighted by Crippen LogP contribution is -2.47. The molecule has 0 heterocycles. The van der Waals surface area contributed by atoms with Gasteiger partial charge in [-0.3, -0.25) is 0 Å². The van der Waals surface area contributed by atoms with E-state index in [4.69, 9.17) is 0 Å². The Hall–Kier alpha value is -1.44. The van der Waals surface area contributed by atoms with Crippen LogP contribution in [-0.2, 0) is 16.4 Å². The summed E-state index contributed by atoms with van der Waals surface area (Å²) in [6, 6.07) is 4.07. The van der Waals surface area contributed by atoms with E-state index in [1.807, 2.05) is 0 Å². The number of rotatable bonds is 6. The number of carbonyl (C=O) groups is 1. The SMILES string of the molecule is CCc1ccc(S(=O)(=O)N(C)C(C)(C)CO)cc1C(=O)O. The number of hydrogen-bond acceptors (Lipinski definition) is 4. The highest BCUT2D eigenvalue weighted by atomic mass is 32.2. The van der Waals surface area contributed by atoms with Gasteiger partial charge in [0.05, 0.1) is 22.6 Å². The molecular formula is C14H21NO5S. The van der Waals surface area contributed by atoms with Gasteiger partial charge in [-0.2, -0.15) is 4.31 Å². The summed E-state index contributed by atoms with van der Waals surface area (Å²) in [5.74, 6) is -1.16. The molecule has 0 fully saturated rings. The number of sulfonamides is 1. The van der Waals surface area contributed by atoms with Gasteiger partial charge in [0.1, 0.15) is 0 Å². The van der Waals surface area contributed by atoms with Crippen LogP contribution in [0.5, 0.6) is 0 Å². The van der Waals surface area contributed by atoms with E-state index in [2.05, 4.69) is 0 Å². The first-order chi connectivity index (χ1) is 9.57. The molecule has 0 unspecified atom stereocenters. The number of aryl methyl sites for hydroxylation is 1. The highest BCUT2D eigenvalue weighted by Gasteiger charge is 2.34. The zero-order chi connectivity index (χ0) is 16.4. The Morgan fingerprint density at radius 1 is 1.33 bits per heavy atom. The molecule has 0 atom stereocenters. The van der Waals surface area contributed by atoms with Crippen molar-refractivity contribution in [1.29, 1.82) is 0 Å². The molecule has 0 aliphatic heterocycles. The molecule has 0 bridgehead atoms. The Morgan fingerprint density at radius 2 is 1.90 bits per heavy atom. The van der Waals surface area contributed by atoms with Gasteiger partial charge in [-0.05, 0) is 38.0 Å². The van der Waals surface area contributed by atoms with Gasteiger partial charge in [0.2, 0.25) is 10.0 Å². The number of likely N-dealkylation sites (N-methyl/N-ethyl adjacent to an activating group) is 1. The van der Waals surface area contributed by atoms with E-state index in [1.54, 1.807) is 20.8 Å². The first kappa shape index (κ1) is 17.6. The predicted octanol–water partition coefficient (Wildman–Crippen LogP) is 1.34. The number of aliphatic hydroxyl groups excluding tert-OH is 1. The third-order valence-corrected chi connectivity index (χ3v) is 5.66. The van der Waals surface area contributed by atoms with Crippen molar-refractivity contribution in [2.45, 2.75) is 37.6 Å². The Kier molecular flexibility index (Phi) is 5.14. The minimum Gasteiger partial charge on any atom is -0.478 e. The van der Waals surface area contributed by atoms with E-state index < -0.39 is 21.5 Å². The topological polar surface area (TPSA) is 94.9 Å². The molecule has 0 saturated carbocycles. The van der Waals surface area contributed by atoms with E-state index in [-0.39, 0.29) is 17.1 Å². The van der Waals surface area contributed by atoms with E-state index in [9.17, 15) is 23.4 Å². The molecular weight excluding hydrogens is 294 g/mol. The molecule has 0 aliphatic rings. The van der Waals surface area contributed by atoms with Crippen LogP contribution in [0.25, 0.3) is 0 Å². The highest BCUT2D eigenvalue weighted by Crippen LogP contribution is 2.24. The van der Waals surface area contributed by atoms with Crippen LogP contribution in [-0.4, -0.2) is 48.1 Å². The molecule has 0 aliphatic carbocycles. The second-order valence-corrected chi connectivity index (χ2v) is 7.39. The lowest BCUT2D eigenvalue weighted by molar-refractivity contribution is 0.0695. The zero-order valence-corrected chi connectivity index (χ0v) is 13.4. The average molecular weight is 315 g/mol. The summed E-state index contributed by atoms with van der Waals surface area (Å²) in [5, 5.41) is 18.5. The Balaban J connectivity index is 3.40. The van der Waals surface area contributed by atoms with Crippen LogP contribution < -0.4 is 0 Å². The third kappa shape index (κ3) is 3.42. The van der Waals surface area contributed by atoms with Crippen LogP contribution in [0, 0.1) is 0 Å². The van der Waals surface area contributed by atoms with Gasteiger partial charge in [0.15, 0.2) is 0 Å². The number of carboxylic acids is 1. The summed E-state index contributed by atoms with van der Waals surface area (Å²) in [5.41, 5.74) is -0.426. The summed E-state index contributed by atoms with van der Waals surface area (Å²) in [7, 11) is -2.52. The maximum atomic E-state index is 12.5. The lowest BCUT2D eigenvalue weighted by atomic mass is 10.1. The second kappa shape index (κ2) is 6.13. The summed E-state index contributed by atoms with van der Waals surface area (Å²) < 4.78 is 26.1. The van der Waals surface area contributed by atoms with E-state index in [1.165, 1.54) is 25.2 Å². The minimum absolute atomic E-state index is 0.0196. The maximum Gasteiger partial charge on any atom is 0.336 e. The van der Waals surface area contributed by atoms with Crippen LogP contribution >= 0.6 is 0 Å². The molecule has 0 saturated heterocycles. The lowest BCUT2D eigenvalue weighted by Gasteiger charge is -2.32. The summed E-state index contributed by atoms with van der Waals surface area (Å²) in [6.45, 7) is 4.63. The van der Waals surface area contributed by atoms with Crippen molar-refractivity contribution >= 4 is 16.0 Å². The number of nitrogens with zero attached hydrogens (tertiary/aromatic N) is 1. The largest absolute Gasteiger partial charge is 0.478 e. The first-order valence-electron chi connectivity index (χ1n) is 6.54. The molecule has 0 spiro atoms. The van der Waals surface area contributed by atoms with E-state index >= 15 is 0 Å². The number of carboxylic acid groups (broad SMARTS) is 1. The number of benzene rings is 1. The van der Waals surface area contributed by atoms with Gasteiger partial charge in [-0.1, -0.05) is 13.0 Å². The van der Waals surface area contributed by atoms with Gasteiger partial charge in [-0.25, -0.2) is 13.2 Å². The van der Waals surface area contributed by atoms with Crippen molar-refractivity contribution in [2.24, 2.45) is 0 Å². The van der Waals surface area contributed by atoms with Crippen molar-refractivity contribution in [3.63, 3.8) is 0 Å². The quantitative estimate of drug-likeness (QED) is 0.826. The molecule has 118 valence electrons. The molecule has 1 rings (SSSR count). The van der Waals surface area contributed by atoms with Crippen LogP contribution in [0.2, 0.25) is 0 Å². The molecule has 2 N–H and O–H groups in total. The molecule has 7 heteroatoms. The van der Waals surface area contributed by atoms with Gasteiger partial charge >= 0.3 is 5.97 Å². The van der Waals surface area contributed by atoms with E-state index in [0.29, 0.717) is 12.0 Å². The number of hydrogen-bond donors (Lipinski definition) is 2. The molecule has 1 aromatic carbocycles. The molecule has 0 aromatic heterocycles. The molecule has 1 aromatic rings. The fourth-order valence-corrected chi connectivity index (χ4v) is 3.34. The second-order valence-electron chi connectivity index (χ2n) is 5.42. The molecule has 21 heavy (non-hydrogen) atoms. The normalized spacial score (nSPS) is 12.7. The fraction of sp³-hybridized carbons (Fsp3) is 0.500. The third-order valence-electron chi connectivity index (χ3n) is 3.59. The Morgan fingerprint density at radius 3 is 2.33 bits per heavy atom. The average Bonchev–Trinajstić information content (AvgIpc) is 2.45. The standard InChI is InChI=1S/C14H21NO5S/c1-5-10-6-7-11(8-12(10)13(17)18)21(19,20)15(4)14(2,3)9-16/h6-8,16H,5,9H2,1-4H3,(H,17,18). The number of aromatic carboxylic acids is 1. The summed E-state index contributed by atoms with van der Waals surface area (Å²) in [4.78, 5) is 11.1. The molecule has 0 radical (unpaired) electrons. The van der Waals surface area contributed by atoms with E-state index in [0.717, 1.165) is 4.31 Å². The highest BCUT2D eigenvalue weighted by molar-refractivity contribution is 7.89. The fourth-order valence-electron chi connectivity index (χ4n) is 1.81. The van der Waals surface area contributed by atoms with Crippen LogP contribution in [0.3, 0.4) is 0 Å². The van der Waals surface area contributed by atoms with Gasteiger partial charge in [0.25, 0.3) is 0 Å². The van der Waals surface area contributed by atoms with Crippen LogP contribution in [0.4, 0.5) is 0 Å². The molecule has 0 amide bonds. The molecule has 6 nitrogen and oxygen atoms in total. The minimum atomic E-state index is -3.88. The maximum absolute atomic E-state index is 12.5. The van der Waals surface area contributed by atoms with Crippen LogP contribution in [0.1, 0.15) is 36.7 Å². The smallest absolute Gasteiger partial charge is 0.336 e. The van der Waals surface area contributed by atoms with Crippen molar-refractivity contribution in [3.8, 4) is 0 Å². The Labute approximate surface area is 125 Å². The van der Waals surface area contributed by atoms with Gasteiger partial charge < -0.3 is 10.2 Å². The summed E-state index contributed by atoms with van der Waals surface area (Å²) >= 11 is 0. The van der Waals surface area contributed by atoms with Crippen molar-refractivity contribution in [1.82, 2.24) is 4.31 Å². The first-order valence-corrected chi connectivity index (χ1v) is 7.98. The summed E-state index contributed by atoms with van der Waals surface area (Å²) in [6.07, 6.45) is 0.500. The van der Waals surface area contributed by atoms with Gasteiger partial charge in [0, 0.05) is 7.05 Å². The predicted molar refractivity (Wildman–Crippen MR) is 78.9 cm³/mol.